The Balaban J connectivity index is 2.46. The van der Waals surface area contributed by atoms with Crippen LogP contribution in [-0.2, 0) is 0 Å². The van der Waals surface area contributed by atoms with Crippen LogP contribution in [0.25, 0.3) is 0 Å². The minimum Gasteiger partial charge on any atom is -0.507 e. The molecule has 0 amide bonds. The number of benzene rings is 1. The number of phenolic OH excluding ortho intramolecular Hbond substituents is 1. The third-order valence-electron chi connectivity index (χ3n) is 2.18. The second-order valence-electron chi connectivity index (χ2n) is 3.28. The minimum absolute atomic E-state index is 0.0400. The summed E-state index contributed by atoms with van der Waals surface area (Å²) >= 11 is 5.82. The van der Waals surface area contributed by atoms with Crippen LogP contribution in [0.5, 0.6) is 5.75 Å². The molecule has 0 saturated carbocycles. The van der Waals surface area contributed by atoms with Gasteiger partial charge in [0.1, 0.15) is 5.75 Å². The first-order valence-corrected chi connectivity index (χ1v) is 5.04. The lowest BCUT2D eigenvalue weighted by atomic mass is 10.0. The zero-order valence-electron chi connectivity index (χ0n) is 8.31. The molecule has 4 heteroatoms. The van der Waals surface area contributed by atoms with E-state index in [0.717, 1.165) is 0 Å². The van der Waals surface area contributed by atoms with Crippen molar-refractivity contribution in [1.29, 1.82) is 5.41 Å². The molecule has 2 rings (SSSR count). The van der Waals surface area contributed by atoms with Gasteiger partial charge >= 0.3 is 0 Å². The number of hydrogen-bond donors (Lipinski definition) is 2. The van der Waals surface area contributed by atoms with Gasteiger partial charge in [0, 0.05) is 28.5 Å². The molecule has 3 nitrogen and oxygen atoms in total. The molecule has 16 heavy (non-hydrogen) atoms. The first kappa shape index (κ1) is 10.6. The van der Waals surface area contributed by atoms with Crippen LogP contribution >= 0.6 is 11.6 Å². The Kier molecular flexibility index (Phi) is 2.88. The van der Waals surface area contributed by atoms with Crippen molar-refractivity contribution in [2.75, 3.05) is 0 Å². The van der Waals surface area contributed by atoms with Gasteiger partial charge in [-0.3, -0.25) is 10.4 Å². The smallest absolute Gasteiger partial charge is 0.125 e. The number of aromatic nitrogens is 1. The van der Waals surface area contributed by atoms with Gasteiger partial charge in [0.05, 0.1) is 5.71 Å². The maximum Gasteiger partial charge on any atom is 0.125 e. The number of nitrogens with zero attached hydrogens (tertiary/aromatic N) is 1. The van der Waals surface area contributed by atoms with Crippen LogP contribution in [0.1, 0.15) is 11.1 Å². The standard InChI is InChI=1S/C12H9ClN2O/c13-9-3-4-11(16)10(6-9)12(14)8-2-1-5-15-7-8/h1-7,14,16H. The second kappa shape index (κ2) is 4.33. The first-order valence-electron chi connectivity index (χ1n) is 4.66. The van der Waals surface area contributed by atoms with E-state index in [1.54, 1.807) is 36.7 Å². The highest BCUT2D eigenvalue weighted by Crippen LogP contribution is 2.23. The molecule has 0 spiro atoms. The van der Waals surface area contributed by atoms with Crippen LogP contribution in [0.3, 0.4) is 0 Å². The summed E-state index contributed by atoms with van der Waals surface area (Å²) in [5.74, 6) is 0.0400. The van der Waals surface area contributed by atoms with Gasteiger partial charge in [-0.15, -0.1) is 0 Å². The average Bonchev–Trinajstić information content (AvgIpc) is 2.32. The number of hydrogen-bond acceptors (Lipinski definition) is 3. The summed E-state index contributed by atoms with van der Waals surface area (Å²) in [6.07, 6.45) is 3.21. The van der Waals surface area contributed by atoms with E-state index in [0.29, 0.717) is 16.1 Å². The predicted molar refractivity (Wildman–Crippen MR) is 63.3 cm³/mol. The van der Waals surface area contributed by atoms with Crippen molar-refractivity contribution in [2.45, 2.75) is 0 Å². The topological polar surface area (TPSA) is 57.0 Å². The monoisotopic (exact) mass is 232 g/mol. The van der Waals surface area contributed by atoms with E-state index in [4.69, 9.17) is 17.0 Å². The summed E-state index contributed by atoms with van der Waals surface area (Å²) in [6.45, 7) is 0. The van der Waals surface area contributed by atoms with E-state index in [1.165, 1.54) is 6.07 Å². The van der Waals surface area contributed by atoms with Crippen molar-refractivity contribution in [2.24, 2.45) is 0 Å². The van der Waals surface area contributed by atoms with Gasteiger partial charge in [0.2, 0.25) is 0 Å². The van der Waals surface area contributed by atoms with E-state index >= 15 is 0 Å². The number of phenols is 1. The molecule has 0 saturated heterocycles. The van der Waals surface area contributed by atoms with Gasteiger partial charge in [-0.05, 0) is 30.3 Å². The first-order chi connectivity index (χ1) is 7.68. The van der Waals surface area contributed by atoms with Gasteiger partial charge in [0.25, 0.3) is 0 Å². The summed E-state index contributed by atoms with van der Waals surface area (Å²) < 4.78 is 0. The lowest BCUT2D eigenvalue weighted by Gasteiger charge is -2.06. The van der Waals surface area contributed by atoms with E-state index in [-0.39, 0.29) is 11.5 Å². The van der Waals surface area contributed by atoms with Crippen molar-refractivity contribution in [3.63, 3.8) is 0 Å². The lowest BCUT2D eigenvalue weighted by Crippen LogP contribution is -2.02. The number of nitrogens with one attached hydrogen (secondary N) is 1. The van der Waals surface area contributed by atoms with Crippen LogP contribution in [0, 0.1) is 5.41 Å². The summed E-state index contributed by atoms with van der Waals surface area (Å²) in [7, 11) is 0. The summed E-state index contributed by atoms with van der Waals surface area (Å²) in [4.78, 5) is 3.93. The van der Waals surface area contributed by atoms with E-state index in [2.05, 4.69) is 4.98 Å². The van der Waals surface area contributed by atoms with Gasteiger partial charge < -0.3 is 5.11 Å². The normalized spacial score (nSPS) is 10.1. The van der Waals surface area contributed by atoms with Crippen LogP contribution in [0.4, 0.5) is 0 Å². The molecule has 0 radical (unpaired) electrons. The fourth-order valence-electron chi connectivity index (χ4n) is 1.37. The van der Waals surface area contributed by atoms with E-state index < -0.39 is 0 Å². The highest BCUT2D eigenvalue weighted by Gasteiger charge is 2.10. The van der Waals surface area contributed by atoms with E-state index in [9.17, 15) is 5.11 Å². The van der Waals surface area contributed by atoms with Crippen LogP contribution in [0.15, 0.2) is 42.7 Å². The molecule has 1 heterocycles. The minimum atomic E-state index is 0.0400. The Morgan fingerprint density at radius 1 is 1.31 bits per heavy atom. The van der Waals surface area contributed by atoms with Crippen LogP contribution < -0.4 is 0 Å². The van der Waals surface area contributed by atoms with Crippen molar-refractivity contribution in [1.82, 2.24) is 4.98 Å². The Morgan fingerprint density at radius 3 is 2.81 bits per heavy atom. The third-order valence-corrected chi connectivity index (χ3v) is 2.41. The Labute approximate surface area is 97.9 Å². The SMILES string of the molecule is N=C(c1cccnc1)c1cc(Cl)ccc1O. The molecule has 0 aliphatic heterocycles. The molecule has 0 atom stereocenters. The van der Waals surface area contributed by atoms with Crippen molar-refractivity contribution >= 4 is 17.3 Å². The fourth-order valence-corrected chi connectivity index (χ4v) is 1.55. The number of aromatic hydroxyl groups is 1. The van der Waals surface area contributed by atoms with Crippen LogP contribution in [0.2, 0.25) is 5.02 Å². The van der Waals surface area contributed by atoms with E-state index in [1.807, 2.05) is 0 Å². The maximum absolute atomic E-state index is 9.65. The molecule has 0 fully saturated rings. The van der Waals surface area contributed by atoms with Gasteiger partial charge in [-0.25, -0.2) is 0 Å². The highest BCUT2D eigenvalue weighted by molar-refractivity contribution is 6.31. The Morgan fingerprint density at radius 2 is 2.12 bits per heavy atom. The zero-order valence-corrected chi connectivity index (χ0v) is 9.07. The second-order valence-corrected chi connectivity index (χ2v) is 3.71. The molecular weight excluding hydrogens is 224 g/mol. The quantitative estimate of drug-likeness (QED) is 0.783. The molecule has 1 aromatic heterocycles. The lowest BCUT2D eigenvalue weighted by molar-refractivity contribution is 0.474. The Hall–Kier alpha value is -1.87. The number of rotatable bonds is 2. The van der Waals surface area contributed by atoms with Crippen LogP contribution in [-0.4, -0.2) is 15.8 Å². The number of halogens is 1. The van der Waals surface area contributed by atoms with Crippen molar-refractivity contribution < 1.29 is 5.11 Å². The van der Waals surface area contributed by atoms with Crippen molar-refractivity contribution in [3.05, 3.63) is 58.9 Å². The summed E-state index contributed by atoms with van der Waals surface area (Å²) in [5, 5.41) is 18.1. The largest absolute Gasteiger partial charge is 0.507 e. The zero-order chi connectivity index (χ0) is 11.5. The molecule has 0 unspecified atom stereocenters. The molecule has 0 aliphatic rings. The molecule has 0 aliphatic carbocycles. The Bertz CT molecular complexity index is 526. The van der Waals surface area contributed by atoms with Gasteiger partial charge in [-0.2, -0.15) is 0 Å². The molecule has 0 bridgehead atoms. The molecule has 2 N–H and O–H groups in total. The molecule has 1 aromatic carbocycles. The van der Waals surface area contributed by atoms with Gasteiger partial charge in [-0.1, -0.05) is 11.6 Å². The van der Waals surface area contributed by atoms with Crippen molar-refractivity contribution in [3.8, 4) is 5.75 Å². The molecule has 2 aromatic rings. The maximum atomic E-state index is 9.65. The predicted octanol–water partition coefficient (Wildman–Crippen LogP) is 2.86. The number of pyridine rings is 1. The molecular formula is C12H9ClN2O. The highest BCUT2D eigenvalue weighted by atomic mass is 35.5. The average molecular weight is 233 g/mol. The van der Waals surface area contributed by atoms with Gasteiger partial charge in [0.15, 0.2) is 0 Å². The fraction of sp³-hybridized carbons (Fsp3) is 0. The summed E-state index contributed by atoms with van der Waals surface area (Å²) in [6, 6.07) is 8.12. The summed E-state index contributed by atoms with van der Waals surface area (Å²) in [5.41, 5.74) is 1.24. The third kappa shape index (κ3) is 2.04. The molecule has 80 valence electrons.